The zero-order valence-electron chi connectivity index (χ0n) is 15.9. The molecule has 144 valence electrons. The molecular formula is C24H20N2O3. The van der Waals surface area contributed by atoms with Crippen LogP contribution >= 0.6 is 0 Å². The van der Waals surface area contributed by atoms with Gasteiger partial charge in [-0.1, -0.05) is 54.6 Å². The molecule has 0 fully saturated rings. The standard InChI is InChI=1S/C24H20N2O3/c1-18(27)26-23-17-21(15-16-25-23)8-7-20-9-12-22(13-10-20)29-24(28)14-11-19-5-3-2-4-6-19/h2-17H,1H3,(H,25,26,27)/b8-7+,14-11+. The highest BCUT2D eigenvalue weighted by atomic mass is 16.5. The van der Waals surface area contributed by atoms with Gasteiger partial charge in [0.1, 0.15) is 11.6 Å². The third kappa shape index (κ3) is 6.59. The Morgan fingerprint density at radius 1 is 0.862 bits per heavy atom. The number of anilines is 1. The van der Waals surface area contributed by atoms with Crippen LogP contribution in [0.3, 0.4) is 0 Å². The number of carbonyl (C=O) groups excluding carboxylic acids is 2. The van der Waals surface area contributed by atoms with Gasteiger partial charge in [-0.3, -0.25) is 4.79 Å². The highest BCUT2D eigenvalue weighted by Crippen LogP contribution is 2.16. The number of pyridine rings is 1. The predicted octanol–water partition coefficient (Wildman–Crippen LogP) is 4.83. The van der Waals surface area contributed by atoms with Crippen molar-refractivity contribution in [3.05, 3.63) is 95.7 Å². The number of esters is 1. The number of aromatic nitrogens is 1. The summed E-state index contributed by atoms with van der Waals surface area (Å²) in [5.41, 5.74) is 2.79. The largest absolute Gasteiger partial charge is 0.423 e. The van der Waals surface area contributed by atoms with Crippen molar-refractivity contribution in [3.63, 3.8) is 0 Å². The molecule has 0 aliphatic heterocycles. The van der Waals surface area contributed by atoms with Gasteiger partial charge in [0.2, 0.25) is 5.91 Å². The zero-order chi connectivity index (χ0) is 20.5. The van der Waals surface area contributed by atoms with Gasteiger partial charge >= 0.3 is 5.97 Å². The first-order valence-electron chi connectivity index (χ1n) is 9.05. The molecule has 1 aromatic heterocycles. The van der Waals surface area contributed by atoms with Crippen LogP contribution in [0.1, 0.15) is 23.6 Å². The third-order valence-corrected chi connectivity index (χ3v) is 3.87. The molecule has 0 saturated heterocycles. The second-order valence-corrected chi connectivity index (χ2v) is 6.22. The number of hydrogen-bond donors (Lipinski definition) is 1. The van der Waals surface area contributed by atoms with Crippen LogP contribution in [0.15, 0.2) is 79.0 Å². The molecule has 1 amide bonds. The first kappa shape index (κ1) is 19.8. The number of ether oxygens (including phenoxy) is 1. The van der Waals surface area contributed by atoms with E-state index in [4.69, 9.17) is 4.74 Å². The molecule has 2 aromatic carbocycles. The average molecular weight is 384 g/mol. The lowest BCUT2D eigenvalue weighted by Gasteiger charge is -2.03. The van der Waals surface area contributed by atoms with Gasteiger partial charge in [-0.15, -0.1) is 0 Å². The summed E-state index contributed by atoms with van der Waals surface area (Å²) in [4.78, 5) is 27.1. The van der Waals surface area contributed by atoms with Gasteiger partial charge in [-0.2, -0.15) is 0 Å². The number of nitrogens with one attached hydrogen (secondary N) is 1. The van der Waals surface area contributed by atoms with E-state index in [0.717, 1.165) is 16.7 Å². The summed E-state index contributed by atoms with van der Waals surface area (Å²) >= 11 is 0. The van der Waals surface area contributed by atoms with Crippen molar-refractivity contribution in [1.29, 1.82) is 0 Å². The fourth-order valence-electron chi connectivity index (χ4n) is 2.52. The fraction of sp³-hybridized carbons (Fsp3) is 0.0417. The molecule has 0 radical (unpaired) electrons. The Labute approximate surface area is 169 Å². The molecule has 1 heterocycles. The summed E-state index contributed by atoms with van der Waals surface area (Å²) in [6.07, 6.45) is 8.59. The average Bonchev–Trinajstić information content (AvgIpc) is 2.72. The third-order valence-electron chi connectivity index (χ3n) is 3.87. The predicted molar refractivity (Wildman–Crippen MR) is 115 cm³/mol. The second kappa shape index (κ2) is 9.80. The lowest BCUT2D eigenvalue weighted by Crippen LogP contribution is -2.07. The summed E-state index contributed by atoms with van der Waals surface area (Å²) in [7, 11) is 0. The van der Waals surface area contributed by atoms with Crippen molar-refractivity contribution >= 4 is 35.9 Å². The molecule has 1 N–H and O–H groups in total. The Morgan fingerprint density at radius 3 is 2.28 bits per heavy atom. The zero-order valence-corrected chi connectivity index (χ0v) is 15.9. The summed E-state index contributed by atoms with van der Waals surface area (Å²) in [6, 6.07) is 20.4. The molecule has 3 aromatic rings. The quantitative estimate of drug-likeness (QED) is 0.375. The van der Waals surface area contributed by atoms with Crippen molar-refractivity contribution in [2.24, 2.45) is 0 Å². The summed E-state index contributed by atoms with van der Waals surface area (Å²) in [5, 5.41) is 2.65. The minimum Gasteiger partial charge on any atom is -0.423 e. The highest BCUT2D eigenvalue weighted by molar-refractivity contribution is 5.89. The minimum absolute atomic E-state index is 0.164. The van der Waals surface area contributed by atoms with Crippen molar-refractivity contribution < 1.29 is 14.3 Å². The molecular weight excluding hydrogens is 364 g/mol. The number of hydrogen-bond acceptors (Lipinski definition) is 4. The number of rotatable bonds is 6. The van der Waals surface area contributed by atoms with Crippen LogP contribution in [0.2, 0.25) is 0 Å². The van der Waals surface area contributed by atoms with Gasteiger partial charge in [-0.05, 0) is 47.0 Å². The van der Waals surface area contributed by atoms with E-state index in [9.17, 15) is 9.59 Å². The fourth-order valence-corrected chi connectivity index (χ4v) is 2.52. The number of carbonyl (C=O) groups is 2. The smallest absolute Gasteiger partial charge is 0.336 e. The van der Waals surface area contributed by atoms with Crippen LogP contribution in [0.5, 0.6) is 5.75 Å². The monoisotopic (exact) mass is 384 g/mol. The maximum absolute atomic E-state index is 11.9. The van der Waals surface area contributed by atoms with Gasteiger partial charge in [0.15, 0.2) is 0 Å². The summed E-state index contributed by atoms with van der Waals surface area (Å²) < 4.78 is 5.31. The lowest BCUT2D eigenvalue weighted by molar-refractivity contribution is -0.128. The molecule has 0 unspecified atom stereocenters. The van der Waals surface area contributed by atoms with Crippen LogP contribution < -0.4 is 10.1 Å². The SMILES string of the molecule is CC(=O)Nc1cc(/C=C/c2ccc(OC(=O)/C=C/c3ccccc3)cc2)ccn1. The maximum atomic E-state index is 11.9. The highest BCUT2D eigenvalue weighted by Gasteiger charge is 2.01. The molecule has 29 heavy (non-hydrogen) atoms. The Bertz CT molecular complexity index is 1040. The molecule has 0 saturated carbocycles. The van der Waals surface area contributed by atoms with E-state index in [0.29, 0.717) is 11.6 Å². The van der Waals surface area contributed by atoms with Crippen molar-refractivity contribution in [3.8, 4) is 5.75 Å². The van der Waals surface area contributed by atoms with Gasteiger partial charge in [-0.25, -0.2) is 9.78 Å². The van der Waals surface area contributed by atoms with E-state index in [2.05, 4.69) is 10.3 Å². The van der Waals surface area contributed by atoms with Crippen molar-refractivity contribution in [2.45, 2.75) is 6.92 Å². The number of benzene rings is 2. The van der Waals surface area contributed by atoms with Crippen LogP contribution in [-0.2, 0) is 9.59 Å². The van der Waals surface area contributed by atoms with Gasteiger partial charge in [0.25, 0.3) is 0 Å². The molecule has 0 aliphatic carbocycles. The molecule has 0 aliphatic rings. The molecule has 0 spiro atoms. The van der Waals surface area contributed by atoms with E-state index in [1.54, 1.807) is 30.5 Å². The topological polar surface area (TPSA) is 68.3 Å². The van der Waals surface area contributed by atoms with Crippen LogP contribution in [0.25, 0.3) is 18.2 Å². The molecule has 3 rings (SSSR count). The van der Waals surface area contributed by atoms with Crippen LogP contribution in [0.4, 0.5) is 5.82 Å². The molecule has 5 heteroatoms. The first-order valence-corrected chi connectivity index (χ1v) is 9.05. The first-order chi connectivity index (χ1) is 14.1. The molecule has 5 nitrogen and oxygen atoms in total. The normalized spacial score (nSPS) is 10.9. The van der Waals surface area contributed by atoms with E-state index in [1.807, 2.05) is 60.7 Å². The van der Waals surface area contributed by atoms with Crippen LogP contribution in [0, 0.1) is 0 Å². The Kier molecular flexibility index (Phi) is 6.68. The summed E-state index contributed by atoms with van der Waals surface area (Å²) in [5.74, 6) is 0.383. The van der Waals surface area contributed by atoms with Crippen LogP contribution in [-0.4, -0.2) is 16.9 Å². The van der Waals surface area contributed by atoms with E-state index in [1.165, 1.54) is 13.0 Å². The Morgan fingerprint density at radius 2 is 1.55 bits per heavy atom. The number of nitrogens with zero attached hydrogens (tertiary/aromatic N) is 1. The van der Waals surface area contributed by atoms with Crippen molar-refractivity contribution in [2.75, 3.05) is 5.32 Å². The Hall–Kier alpha value is -3.99. The minimum atomic E-state index is -0.431. The van der Waals surface area contributed by atoms with Gasteiger partial charge < -0.3 is 10.1 Å². The maximum Gasteiger partial charge on any atom is 0.336 e. The lowest BCUT2D eigenvalue weighted by atomic mass is 10.1. The van der Waals surface area contributed by atoms with E-state index >= 15 is 0 Å². The Balaban J connectivity index is 1.58. The van der Waals surface area contributed by atoms with Gasteiger partial charge in [0.05, 0.1) is 0 Å². The number of amides is 1. The van der Waals surface area contributed by atoms with Gasteiger partial charge in [0, 0.05) is 19.2 Å². The molecule has 0 bridgehead atoms. The van der Waals surface area contributed by atoms with E-state index < -0.39 is 5.97 Å². The molecule has 0 atom stereocenters. The van der Waals surface area contributed by atoms with Crippen molar-refractivity contribution in [1.82, 2.24) is 4.98 Å². The second-order valence-electron chi connectivity index (χ2n) is 6.22. The summed E-state index contributed by atoms with van der Waals surface area (Å²) in [6.45, 7) is 1.44. The van der Waals surface area contributed by atoms with E-state index in [-0.39, 0.29) is 5.91 Å².